The maximum Gasteiger partial charge on any atom is 0.232 e. The number of aromatic nitrogens is 2. The third-order valence-electron chi connectivity index (χ3n) is 3.99. The highest BCUT2D eigenvalue weighted by atomic mass is 32.2. The van der Waals surface area contributed by atoms with Gasteiger partial charge in [0.1, 0.15) is 17.2 Å². The molecule has 0 atom stereocenters. The molecule has 7 heteroatoms. The Morgan fingerprint density at radius 1 is 1.30 bits per heavy atom. The molecule has 0 bridgehead atoms. The average molecular weight is 347 g/mol. The lowest BCUT2D eigenvalue weighted by Gasteiger charge is -2.14. The minimum absolute atomic E-state index is 0.145. The number of halogens is 1. The molecule has 23 heavy (non-hydrogen) atoms. The van der Waals surface area contributed by atoms with Crippen LogP contribution in [0.4, 0.5) is 4.39 Å². The van der Waals surface area contributed by atoms with Gasteiger partial charge in [0.25, 0.3) is 0 Å². The van der Waals surface area contributed by atoms with Crippen molar-refractivity contribution in [1.29, 1.82) is 0 Å². The Morgan fingerprint density at radius 2 is 2.13 bits per heavy atom. The predicted octanol–water partition coefficient (Wildman–Crippen LogP) is 3.70. The number of amides is 1. The van der Waals surface area contributed by atoms with Crippen LogP contribution in [0.3, 0.4) is 0 Å². The summed E-state index contributed by atoms with van der Waals surface area (Å²) in [5.41, 5.74) is 0.634. The summed E-state index contributed by atoms with van der Waals surface area (Å²) in [5, 5.41) is 1.30. The van der Waals surface area contributed by atoms with Crippen molar-refractivity contribution >= 4 is 49.3 Å². The van der Waals surface area contributed by atoms with Crippen LogP contribution in [0.1, 0.15) is 12.8 Å². The van der Waals surface area contributed by atoms with Gasteiger partial charge in [0, 0.05) is 17.8 Å². The summed E-state index contributed by atoms with van der Waals surface area (Å²) in [7, 11) is 0. The molecule has 1 fully saturated rings. The van der Waals surface area contributed by atoms with E-state index in [0.717, 1.165) is 40.4 Å². The molecule has 4 nitrogen and oxygen atoms in total. The summed E-state index contributed by atoms with van der Waals surface area (Å²) in [6.45, 7) is 1.71. The van der Waals surface area contributed by atoms with Crippen molar-refractivity contribution in [3.8, 4) is 0 Å². The summed E-state index contributed by atoms with van der Waals surface area (Å²) in [4.78, 5) is 22.6. The van der Waals surface area contributed by atoms with E-state index in [-0.39, 0.29) is 11.7 Å². The number of carbonyl (C=O) groups is 1. The molecule has 3 heterocycles. The Kier molecular flexibility index (Phi) is 3.90. The van der Waals surface area contributed by atoms with Crippen molar-refractivity contribution in [3.63, 3.8) is 0 Å². The second-order valence-corrected chi connectivity index (χ2v) is 7.46. The monoisotopic (exact) mass is 347 g/mol. The van der Waals surface area contributed by atoms with Gasteiger partial charge in [-0.15, -0.1) is 11.3 Å². The first-order valence-corrected chi connectivity index (χ1v) is 9.26. The van der Waals surface area contributed by atoms with E-state index >= 15 is 0 Å². The fourth-order valence-electron chi connectivity index (χ4n) is 2.85. The van der Waals surface area contributed by atoms with Crippen LogP contribution in [-0.2, 0) is 4.79 Å². The van der Waals surface area contributed by atoms with E-state index in [4.69, 9.17) is 0 Å². The molecule has 0 saturated carbocycles. The van der Waals surface area contributed by atoms with Crippen molar-refractivity contribution in [2.75, 3.05) is 18.8 Å². The SMILES string of the molecule is O=C(CSc1ncnc2c1sc1cccc(F)c12)N1CCCC1. The molecule has 4 rings (SSSR count). The fraction of sp³-hybridized carbons (Fsp3) is 0.312. The van der Waals surface area contributed by atoms with Crippen LogP contribution in [0, 0.1) is 5.82 Å². The highest BCUT2D eigenvalue weighted by molar-refractivity contribution is 8.00. The molecule has 0 aliphatic carbocycles. The topological polar surface area (TPSA) is 46.1 Å². The van der Waals surface area contributed by atoms with E-state index in [1.54, 1.807) is 6.07 Å². The van der Waals surface area contributed by atoms with Crippen molar-refractivity contribution < 1.29 is 9.18 Å². The number of fused-ring (bicyclic) bond motifs is 3. The summed E-state index contributed by atoms with van der Waals surface area (Å²) < 4.78 is 15.8. The first kappa shape index (κ1) is 14.8. The normalized spacial score (nSPS) is 14.9. The average Bonchev–Trinajstić information content (AvgIpc) is 3.20. The number of thiophene rings is 1. The highest BCUT2D eigenvalue weighted by Crippen LogP contribution is 2.38. The minimum Gasteiger partial charge on any atom is -0.342 e. The molecule has 3 aromatic rings. The number of likely N-dealkylation sites (tertiary alicyclic amines) is 1. The number of benzene rings is 1. The van der Waals surface area contributed by atoms with Gasteiger partial charge in [0.2, 0.25) is 5.91 Å². The van der Waals surface area contributed by atoms with E-state index in [1.807, 2.05) is 11.0 Å². The number of nitrogens with zero attached hydrogens (tertiary/aromatic N) is 3. The van der Waals surface area contributed by atoms with Crippen LogP contribution in [-0.4, -0.2) is 39.6 Å². The van der Waals surface area contributed by atoms with Crippen molar-refractivity contribution in [3.05, 3.63) is 30.3 Å². The zero-order valence-corrected chi connectivity index (χ0v) is 13.9. The smallest absolute Gasteiger partial charge is 0.232 e. The molecule has 1 aromatic carbocycles. The molecule has 0 spiro atoms. The van der Waals surface area contributed by atoms with Gasteiger partial charge in [0.05, 0.1) is 21.4 Å². The zero-order valence-electron chi connectivity index (χ0n) is 12.3. The van der Waals surface area contributed by atoms with Crippen LogP contribution in [0.5, 0.6) is 0 Å². The molecule has 0 radical (unpaired) electrons. The van der Waals surface area contributed by atoms with E-state index in [2.05, 4.69) is 9.97 Å². The van der Waals surface area contributed by atoms with Crippen molar-refractivity contribution in [1.82, 2.24) is 14.9 Å². The Bertz CT molecular complexity index is 890. The molecule has 118 valence electrons. The molecule has 1 aliphatic heterocycles. The molecule has 0 unspecified atom stereocenters. The zero-order chi connectivity index (χ0) is 15.8. The first-order valence-electron chi connectivity index (χ1n) is 7.46. The van der Waals surface area contributed by atoms with Crippen LogP contribution >= 0.6 is 23.1 Å². The quantitative estimate of drug-likeness (QED) is 0.535. The first-order chi connectivity index (χ1) is 11.2. The maximum atomic E-state index is 14.1. The number of hydrogen-bond donors (Lipinski definition) is 0. The van der Waals surface area contributed by atoms with Crippen LogP contribution in [0.2, 0.25) is 0 Å². The molecule has 2 aromatic heterocycles. The summed E-state index contributed by atoms with van der Waals surface area (Å²) in [6.07, 6.45) is 3.62. The van der Waals surface area contributed by atoms with Gasteiger partial charge in [0.15, 0.2) is 0 Å². The third kappa shape index (κ3) is 2.68. The van der Waals surface area contributed by atoms with E-state index in [9.17, 15) is 9.18 Å². The molecule has 1 aliphatic rings. The molecular formula is C16H14FN3OS2. The molecule has 1 saturated heterocycles. The van der Waals surface area contributed by atoms with Gasteiger partial charge in [-0.05, 0) is 25.0 Å². The highest BCUT2D eigenvalue weighted by Gasteiger charge is 2.20. The van der Waals surface area contributed by atoms with Gasteiger partial charge in [-0.3, -0.25) is 4.79 Å². The van der Waals surface area contributed by atoms with Crippen molar-refractivity contribution in [2.24, 2.45) is 0 Å². The third-order valence-corrected chi connectivity index (χ3v) is 6.24. The number of hydrogen-bond acceptors (Lipinski definition) is 5. The number of rotatable bonds is 3. The van der Waals surface area contributed by atoms with E-state index < -0.39 is 0 Å². The van der Waals surface area contributed by atoms with Crippen molar-refractivity contribution in [2.45, 2.75) is 17.9 Å². The largest absolute Gasteiger partial charge is 0.342 e. The second-order valence-electron chi connectivity index (χ2n) is 5.45. The van der Waals surface area contributed by atoms with Crippen LogP contribution < -0.4 is 0 Å². The molecule has 0 N–H and O–H groups in total. The molecule has 1 amide bonds. The Balaban J connectivity index is 1.66. The number of carbonyl (C=O) groups excluding carboxylic acids is 1. The van der Waals surface area contributed by atoms with E-state index in [1.165, 1.54) is 35.5 Å². The lowest BCUT2D eigenvalue weighted by atomic mass is 10.2. The Hall–Kier alpha value is -1.73. The predicted molar refractivity (Wildman–Crippen MR) is 91.4 cm³/mol. The maximum absolute atomic E-state index is 14.1. The fourth-order valence-corrected chi connectivity index (χ4v) is 5.00. The Morgan fingerprint density at radius 3 is 2.96 bits per heavy atom. The van der Waals surface area contributed by atoms with Gasteiger partial charge in [-0.1, -0.05) is 17.8 Å². The van der Waals surface area contributed by atoms with E-state index in [0.29, 0.717) is 16.7 Å². The van der Waals surface area contributed by atoms with Gasteiger partial charge in [-0.25, -0.2) is 14.4 Å². The number of thioether (sulfide) groups is 1. The minimum atomic E-state index is -0.267. The van der Waals surface area contributed by atoms with Gasteiger partial charge in [-0.2, -0.15) is 0 Å². The summed E-state index contributed by atoms with van der Waals surface area (Å²) >= 11 is 2.89. The lowest BCUT2D eigenvalue weighted by Crippen LogP contribution is -2.29. The summed E-state index contributed by atoms with van der Waals surface area (Å²) in [5.74, 6) is 0.242. The molecular weight excluding hydrogens is 333 g/mol. The lowest BCUT2D eigenvalue weighted by molar-refractivity contribution is -0.127. The van der Waals surface area contributed by atoms with Crippen LogP contribution in [0.25, 0.3) is 20.3 Å². The van der Waals surface area contributed by atoms with Gasteiger partial charge >= 0.3 is 0 Å². The summed E-state index contributed by atoms with van der Waals surface area (Å²) in [6, 6.07) is 5.03. The van der Waals surface area contributed by atoms with Crippen LogP contribution in [0.15, 0.2) is 29.6 Å². The second kappa shape index (κ2) is 6.05. The standard InChI is InChI=1S/C16H14FN3OS2/c17-10-4-3-5-11-13(10)14-15(23-11)16(19-9-18-14)22-8-12(21)20-6-1-2-7-20/h3-5,9H,1-2,6-8H2. The Labute approximate surface area is 140 Å². The van der Waals surface area contributed by atoms with Gasteiger partial charge < -0.3 is 4.90 Å².